The van der Waals surface area contributed by atoms with Gasteiger partial charge in [0.25, 0.3) is 5.91 Å². The number of rotatable bonds is 8. The van der Waals surface area contributed by atoms with Crippen molar-refractivity contribution in [1.29, 1.82) is 0 Å². The summed E-state index contributed by atoms with van der Waals surface area (Å²) in [4.78, 5) is 26.5. The highest BCUT2D eigenvalue weighted by Gasteiger charge is 2.28. The zero-order chi connectivity index (χ0) is 16.9. The van der Waals surface area contributed by atoms with Gasteiger partial charge in [0.1, 0.15) is 0 Å². The third-order valence-electron chi connectivity index (χ3n) is 4.90. The summed E-state index contributed by atoms with van der Waals surface area (Å²) in [7, 11) is 0. The largest absolute Gasteiger partial charge is 0.359 e. The lowest BCUT2D eigenvalue weighted by Gasteiger charge is -2.24. The molecule has 0 radical (unpaired) electrons. The second-order valence-corrected chi connectivity index (χ2v) is 7.07. The summed E-state index contributed by atoms with van der Waals surface area (Å²) in [6.07, 6.45) is 7.56. The Bertz CT molecular complexity index is 574. The van der Waals surface area contributed by atoms with E-state index in [0.717, 1.165) is 32.1 Å². The molecule has 2 aliphatic rings. The van der Waals surface area contributed by atoms with Crippen LogP contribution in [0.15, 0.2) is 10.6 Å². The number of carbonyl (C=O) groups excluding carboxylic acids is 2. The molecule has 6 nitrogen and oxygen atoms in total. The Labute approximate surface area is 142 Å². The van der Waals surface area contributed by atoms with E-state index in [0.29, 0.717) is 37.0 Å². The van der Waals surface area contributed by atoms with E-state index >= 15 is 0 Å². The van der Waals surface area contributed by atoms with Crippen molar-refractivity contribution in [3.8, 4) is 0 Å². The van der Waals surface area contributed by atoms with Crippen LogP contribution in [0, 0.1) is 11.8 Å². The average molecular weight is 333 g/mol. The van der Waals surface area contributed by atoms with Gasteiger partial charge in [0.2, 0.25) is 5.91 Å². The van der Waals surface area contributed by atoms with Crippen molar-refractivity contribution in [3.63, 3.8) is 0 Å². The molecule has 24 heavy (non-hydrogen) atoms. The molecule has 0 spiro atoms. The lowest BCUT2D eigenvalue weighted by Crippen LogP contribution is -2.35. The molecule has 1 aromatic rings. The molecule has 2 saturated carbocycles. The lowest BCUT2D eigenvalue weighted by atomic mass is 10.1. The first kappa shape index (κ1) is 17.0. The van der Waals surface area contributed by atoms with Gasteiger partial charge < -0.3 is 14.7 Å². The summed E-state index contributed by atoms with van der Waals surface area (Å²) in [6, 6.07) is 1.66. The summed E-state index contributed by atoms with van der Waals surface area (Å²) in [5.41, 5.74) is 0.301. The number of nitrogens with zero attached hydrogens (tertiary/aromatic N) is 2. The van der Waals surface area contributed by atoms with Gasteiger partial charge in [0, 0.05) is 25.1 Å². The van der Waals surface area contributed by atoms with E-state index < -0.39 is 0 Å². The van der Waals surface area contributed by atoms with Crippen molar-refractivity contribution in [2.75, 3.05) is 13.1 Å². The zero-order valence-electron chi connectivity index (χ0n) is 14.4. The van der Waals surface area contributed by atoms with Crippen LogP contribution in [0.3, 0.4) is 0 Å². The van der Waals surface area contributed by atoms with Gasteiger partial charge in [-0.05, 0) is 38.0 Å². The van der Waals surface area contributed by atoms with E-state index in [2.05, 4.69) is 17.4 Å². The van der Waals surface area contributed by atoms with Crippen molar-refractivity contribution in [2.24, 2.45) is 11.8 Å². The molecule has 3 rings (SSSR count). The van der Waals surface area contributed by atoms with Crippen LogP contribution in [0.25, 0.3) is 0 Å². The second kappa shape index (κ2) is 7.81. The minimum absolute atomic E-state index is 0.154. The maximum Gasteiger partial charge on any atom is 0.273 e. The monoisotopic (exact) mass is 333 g/mol. The highest BCUT2D eigenvalue weighted by molar-refractivity contribution is 5.92. The van der Waals surface area contributed by atoms with E-state index in [4.69, 9.17) is 4.52 Å². The van der Waals surface area contributed by atoms with Crippen LogP contribution >= 0.6 is 0 Å². The first-order valence-electron chi connectivity index (χ1n) is 9.20. The van der Waals surface area contributed by atoms with Crippen LogP contribution in [0.5, 0.6) is 0 Å². The van der Waals surface area contributed by atoms with Gasteiger partial charge in [0.05, 0.1) is 6.54 Å². The normalized spacial score (nSPS) is 17.9. The molecule has 0 unspecified atom stereocenters. The number of nitrogens with one attached hydrogen (secondary N) is 1. The molecule has 132 valence electrons. The summed E-state index contributed by atoms with van der Waals surface area (Å²) >= 11 is 0. The standard InChI is InChI=1S/C18H27N3O3/c1-2-9-21(18(23)14-5-3-4-6-14)12-15-10-16(20-24-15)17(22)19-11-13-7-8-13/h10,13-14H,2-9,11-12H2,1H3,(H,19,22). The smallest absolute Gasteiger partial charge is 0.273 e. The molecule has 2 fully saturated rings. The number of hydrogen-bond donors (Lipinski definition) is 1. The van der Waals surface area contributed by atoms with Crippen molar-refractivity contribution in [1.82, 2.24) is 15.4 Å². The van der Waals surface area contributed by atoms with Gasteiger partial charge in [-0.2, -0.15) is 0 Å². The fraction of sp³-hybridized carbons (Fsp3) is 0.722. The van der Waals surface area contributed by atoms with Crippen molar-refractivity contribution >= 4 is 11.8 Å². The number of aromatic nitrogens is 1. The van der Waals surface area contributed by atoms with Crippen LogP contribution in [-0.4, -0.2) is 35.0 Å². The quantitative estimate of drug-likeness (QED) is 0.794. The zero-order valence-corrected chi connectivity index (χ0v) is 14.4. The topological polar surface area (TPSA) is 75.4 Å². The number of carbonyl (C=O) groups is 2. The van der Waals surface area contributed by atoms with Gasteiger partial charge in [0.15, 0.2) is 11.5 Å². The maximum atomic E-state index is 12.6. The third-order valence-corrected chi connectivity index (χ3v) is 4.90. The van der Waals surface area contributed by atoms with Crippen molar-refractivity contribution < 1.29 is 14.1 Å². The molecular weight excluding hydrogens is 306 g/mol. The van der Waals surface area contributed by atoms with E-state index in [1.54, 1.807) is 6.07 Å². The molecule has 2 aliphatic carbocycles. The molecule has 1 aromatic heterocycles. The van der Waals surface area contributed by atoms with Crippen LogP contribution in [-0.2, 0) is 11.3 Å². The molecule has 0 aromatic carbocycles. The van der Waals surface area contributed by atoms with Crippen LogP contribution in [0.4, 0.5) is 0 Å². The summed E-state index contributed by atoms with van der Waals surface area (Å²) in [5.74, 6) is 1.38. The molecule has 2 amide bonds. The second-order valence-electron chi connectivity index (χ2n) is 7.07. The Kier molecular flexibility index (Phi) is 5.53. The van der Waals surface area contributed by atoms with Crippen LogP contribution < -0.4 is 5.32 Å². The number of amides is 2. The van der Waals surface area contributed by atoms with Gasteiger partial charge >= 0.3 is 0 Å². The van der Waals surface area contributed by atoms with Gasteiger partial charge in [-0.3, -0.25) is 9.59 Å². The Morgan fingerprint density at radius 3 is 2.71 bits per heavy atom. The Morgan fingerprint density at radius 1 is 1.29 bits per heavy atom. The minimum atomic E-state index is -0.193. The SMILES string of the molecule is CCCN(Cc1cc(C(=O)NCC2CC2)no1)C(=O)C1CCCC1. The van der Waals surface area contributed by atoms with E-state index in [-0.39, 0.29) is 17.7 Å². The van der Waals surface area contributed by atoms with Gasteiger partial charge in [-0.25, -0.2) is 0 Å². The fourth-order valence-electron chi connectivity index (χ4n) is 3.30. The predicted octanol–water partition coefficient (Wildman–Crippen LogP) is 2.74. The molecule has 0 atom stereocenters. The first-order chi connectivity index (χ1) is 11.7. The molecule has 0 bridgehead atoms. The molecule has 0 saturated heterocycles. The van der Waals surface area contributed by atoms with Crippen LogP contribution in [0.1, 0.15) is 68.1 Å². The molecule has 6 heteroatoms. The van der Waals surface area contributed by atoms with Crippen molar-refractivity contribution in [2.45, 2.75) is 58.4 Å². The molecule has 1 N–H and O–H groups in total. The Balaban J connectivity index is 1.57. The number of hydrogen-bond acceptors (Lipinski definition) is 4. The van der Waals surface area contributed by atoms with Crippen LogP contribution in [0.2, 0.25) is 0 Å². The van der Waals surface area contributed by atoms with E-state index in [1.165, 1.54) is 12.8 Å². The molecular formula is C18H27N3O3. The first-order valence-corrected chi connectivity index (χ1v) is 9.20. The minimum Gasteiger partial charge on any atom is -0.359 e. The van der Waals surface area contributed by atoms with Crippen molar-refractivity contribution in [3.05, 3.63) is 17.5 Å². The van der Waals surface area contributed by atoms with E-state index in [1.807, 2.05) is 4.90 Å². The summed E-state index contributed by atoms with van der Waals surface area (Å²) < 4.78 is 5.29. The predicted molar refractivity (Wildman–Crippen MR) is 89.2 cm³/mol. The highest BCUT2D eigenvalue weighted by atomic mass is 16.5. The maximum absolute atomic E-state index is 12.6. The molecule has 1 heterocycles. The van der Waals surface area contributed by atoms with Gasteiger partial charge in [-0.1, -0.05) is 24.9 Å². The highest BCUT2D eigenvalue weighted by Crippen LogP contribution is 2.28. The average Bonchev–Trinajstić information content (AvgIpc) is 3.05. The third kappa shape index (κ3) is 4.36. The lowest BCUT2D eigenvalue weighted by molar-refractivity contribution is -0.136. The fourth-order valence-corrected chi connectivity index (χ4v) is 3.30. The Hall–Kier alpha value is -1.85. The molecule has 0 aliphatic heterocycles. The summed E-state index contributed by atoms with van der Waals surface area (Å²) in [6.45, 7) is 3.88. The van der Waals surface area contributed by atoms with E-state index in [9.17, 15) is 9.59 Å². The summed E-state index contributed by atoms with van der Waals surface area (Å²) in [5, 5.41) is 6.74. The Morgan fingerprint density at radius 2 is 2.04 bits per heavy atom. The van der Waals surface area contributed by atoms with Gasteiger partial charge in [-0.15, -0.1) is 0 Å².